The molecular weight excluding hydrogens is 516 g/mol. The number of hydrogen-bond donors (Lipinski definition) is 2. The van der Waals surface area contributed by atoms with E-state index < -0.39 is 0 Å². The van der Waals surface area contributed by atoms with Gasteiger partial charge in [0.05, 0.1) is 39.6 Å². The van der Waals surface area contributed by atoms with E-state index in [-0.39, 0.29) is 36.0 Å². The van der Waals surface area contributed by atoms with Gasteiger partial charge in [-0.3, -0.25) is 14.9 Å². The summed E-state index contributed by atoms with van der Waals surface area (Å²) in [5.74, 6) is 0.404. The largest absolute Gasteiger partial charge is 0.443 e. The summed E-state index contributed by atoms with van der Waals surface area (Å²) in [6.45, 7) is 4.69. The normalized spacial score (nSPS) is 15.7. The van der Waals surface area contributed by atoms with Crippen molar-refractivity contribution in [3.05, 3.63) is 65.0 Å². The molecule has 4 aromatic rings. The Labute approximate surface area is 229 Å². The first-order valence-corrected chi connectivity index (χ1v) is 13.5. The van der Waals surface area contributed by atoms with Crippen LogP contribution in [0.3, 0.4) is 0 Å². The third-order valence-corrected chi connectivity index (χ3v) is 7.71. The smallest absolute Gasteiger partial charge is 0.268 e. The van der Waals surface area contributed by atoms with Gasteiger partial charge in [-0.2, -0.15) is 5.26 Å². The quantitative estimate of drug-likeness (QED) is 0.244. The van der Waals surface area contributed by atoms with Crippen LogP contribution in [0.5, 0.6) is 0 Å². The summed E-state index contributed by atoms with van der Waals surface area (Å²) in [6, 6.07) is 10.9. The van der Waals surface area contributed by atoms with Crippen LogP contribution in [0.2, 0.25) is 0 Å². The van der Waals surface area contributed by atoms with E-state index in [1.807, 2.05) is 30.5 Å². The van der Waals surface area contributed by atoms with E-state index in [9.17, 15) is 20.0 Å². The molecule has 11 heteroatoms. The van der Waals surface area contributed by atoms with Crippen LogP contribution in [0, 0.1) is 17.2 Å². The lowest BCUT2D eigenvalue weighted by Gasteiger charge is -2.26. The van der Waals surface area contributed by atoms with Crippen LogP contribution >= 0.6 is 11.3 Å². The van der Waals surface area contributed by atoms with Gasteiger partial charge in [0.1, 0.15) is 11.6 Å². The molecule has 200 valence electrons. The molecular formula is C28H28N6O4S. The lowest BCUT2D eigenvalue weighted by atomic mass is 10.1. The van der Waals surface area contributed by atoms with E-state index in [1.165, 1.54) is 17.7 Å². The molecule has 1 aliphatic rings. The Morgan fingerprint density at radius 2 is 2.18 bits per heavy atom. The van der Waals surface area contributed by atoms with E-state index in [0.29, 0.717) is 40.8 Å². The highest BCUT2D eigenvalue weighted by molar-refractivity contribution is 7.17. The fourth-order valence-electron chi connectivity index (χ4n) is 4.79. The van der Waals surface area contributed by atoms with Crippen LogP contribution in [0.15, 0.2) is 59.0 Å². The molecule has 0 saturated carbocycles. The first kappa shape index (κ1) is 26.3. The van der Waals surface area contributed by atoms with Gasteiger partial charge < -0.3 is 19.0 Å². The van der Waals surface area contributed by atoms with E-state index in [2.05, 4.69) is 21.4 Å². The molecule has 1 aromatic carbocycles. The number of aromatic nitrogens is 3. The minimum absolute atomic E-state index is 0.0756. The number of carbonyl (C=O) groups is 2. The highest BCUT2D eigenvalue weighted by Crippen LogP contribution is 2.30. The van der Waals surface area contributed by atoms with Gasteiger partial charge in [0.15, 0.2) is 12.2 Å². The molecule has 0 radical (unpaired) electrons. The van der Waals surface area contributed by atoms with Gasteiger partial charge in [-0.25, -0.2) is 9.97 Å². The molecule has 0 unspecified atom stereocenters. The molecule has 2 amide bonds. The topological polar surface area (TPSA) is 137 Å². The average Bonchev–Trinajstić information content (AvgIpc) is 3.73. The number of nitrogens with zero attached hydrogens (tertiary/aromatic N) is 5. The number of likely N-dealkylation sites (tertiary alicyclic amines) is 1. The maximum Gasteiger partial charge on any atom is 0.268 e. The van der Waals surface area contributed by atoms with Crippen LogP contribution in [-0.2, 0) is 17.9 Å². The number of carbonyl (C=O) groups excluding carboxylic acids is 2. The number of allylic oxidation sites excluding steroid dienone is 1. The summed E-state index contributed by atoms with van der Waals surface area (Å²) in [4.78, 5) is 38.1. The predicted molar refractivity (Wildman–Crippen MR) is 147 cm³/mol. The van der Waals surface area contributed by atoms with Crippen LogP contribution in [0.25, 0.3) is 21.7 Å². The van der Waals surface area contributed by atoms with Crippen molar-refractivity contribution in [2.45, 2.75) is 45.9 Å². The Bertz CT molecular complexity index is 1580. The van der Waals surface area contributed by atoms with Crippen LogP contribution in [0.4, 0.5) is 5.95 Å². The van der Waals surface area contributed by atoms with Crippen molar-refractivity contribution in [1.29, 1.82) is 5.26 Å². The number of aliphatic hydroxyl groups is 1. The maximum atomic E-state index is 13.2. The fraction of sp³-hybridized carbons (Fsp3) is 0.321. The SMILES string of the molecule is CC(C)C=C(C#N)C(=O)N1CCC[C@@H]1Cn1c(NC(=O)c2ccc(-c3cnco3)s2)nc2cc(CO)ccc21. The highest BCUT2D eigenvalue weighted by Gasteiger charge is 2.32. The minimum atomic E-state index is -0.323. The van der Waals surface area contributed by atoms with Crippen molar-refractivity contribution >= 4 is 40.1 Å². The summed E-state index contributed by atoms with van der Waals surface area (Å²) in [6.07, 6.45) is 6.21. The molecule has 39 heavy (non-hydrogen) atoms. The monoisotopic (exact) mass is 544 g/mol. The fourth-order valence-corrected chi connectivity index (χ4v) is 5.65. The lowest BCUT2D eigenvalue weighted by molar-refractivity contribution is -0.127. The van der Waals surface area contributed by atoms with Gasteiger partial charge in [0.25, 0.3) is 11.8 Å². The number of imidazole rings is 1. The third kappa shape index (κ3) is 5.48. The second-order valence-corrected chi connectivity index (χ2v) is 10.8. The van der Waals surface area contributed by atoms with E-state index >= 15 is 0 Å². The van der Waals surface area contributed by atoms with Crippen molar-refractivity contribution in [1.82, 2.24) is 19.4 Å². The second-order valence-electron chi connectivity index (χ2n) is 9.74. The zero-order chi connectivity index (χ0) is 27.5. The summed E-state index contributed by atoms with van der Waals surface area (Å²) in [7, 11) is 0. The molecule has 0 bridgehead atoms. The van der Waals surface area contributed by atoms with Gasteiger partial charge in [0.2, 0.25) is 5.95 Å². The second kappa shape index (κ2) is 11.2. The highest BCUT2D eigenvalue weighted by atomic mass is 32.1. The number of fused-ring (bicyclic) bond motifs is 1. The minimum Gasteiger partial charge on any atom is -0.443 e. The molecule has 5 rings (SSSR count). The first-order valence-electron chi connectivity index (χ1n) is 12.7. The summed E-state index contributed by atoms with van der Waals surface area (Å²) < 4.78 is 7.23. The molecule has 1 atom stereocenters. The lowest BCUT2D eigenvalue weighted by Crippen LogP contribution is -2.39. The zero-order valence-electron chi connectivity index (χ0n) is 21.6. The zero-order valence-corrected chi connectivity index (χ0v) is 22.4. The van der Waals surface area contributed by atoms with E-state index in [4.69, 9.17) is 4.42 Å². The number of nitrogens with one attached hydrogen (secondary N) is 1. The summed E-state index contributed by atoms with van der Waals surface area (Å²) >= 11 is 1.28. The molecule has 10 nitrogen and oxygen atoms in total. The van der Waals surface area contributed by atoms with Crippen molar-refractivity contribution in [2.75, 3.05) is 11.9 Å². The number of nitriles is 1. The Morgan fingerprint density at radius 3 is 2.90 bits per heavy atom. The van der Waals surface area contributed by atoms with Gasteiger partial charge in [-0.05, 0) is 48.6 Å². The summed E-state index contributed by atoms with van der Waals surface area (Å²) in [5.41, 5.74) is 2.25. The Hall–Kier alpha value is -4.27. The Kier molecular flexibility index (Phi) is 7.58. The van der Waals surface area contributed by atoms with Crippen LogP contribution in [0.1, 0.15) is 41.9 Å². The third-order valence-electron chi connectivity index (χ3n) is 6.61. The number of amides is 2. The molecule has 0 spiro atoms. The molecule has 3 aromatic heterocycles. The number of benzene rings is 1. The first-order chi connectivity index (χ1) is 18.9. The Morgan fingerprint density at radius 1 is 1.33 bits per heavy atom. The molecule has 2 N–H and O–H groups in total. The van der Waals surface area contributed by atoms with Gasteiger partial charge in [-0.1, -0.05) is 26.0 Å². The van der Waals surface area contributed by atoms with Crippen molar-refractivity contribution < 1.29 is 19.1 Å². The van der Waals surface area contributed by atoms with Crippen molar-refractivity contribution in [2.24, 2.45) is 5.92 Å². The maximum absolute atomic E-state index is 13.2. The van der Waals surface area contributed by atoms with Crippen LogP contribution < -0.4 is 5.32 Å². The predicted octanol–water partition coefficient (Wildman–Crippen LogP) is 4.59. The number of thiophene rings is 1. The number of oxazole rings is 1. The molecule has 1 aliphatic heterocycles. The summed E-state index contributed by atoms with van der Waals surface area (Å²) in [5, 5.41) is 22.2. The van der Waals surface area contributed by atoms with Gasteiger partial charge in [0, 0.05) is 13.1 Å². The molecule has 1 saturated heterocycles. The number of anilines is 1. The van der Waals surface area contributed by atoms with Crippen molar-refractivity contribution in [3.63, 3.8) is 0 Å². The number of hydrogen-bond acceptors (Lipinski definition) is 8. The molecule has 0 aliphatic carbocycles. The average molecular weight is 545 g/mol. The van der Waals surface area contributed by atoms with E-state index in [1.54, 1.807) is 35.4 Å². The van der Waals surface area contributed by atoms with E-state index in [0.717, 1.165) is 23.2 Å². The molecule has 4 heterocycles. The van der Waals surface area contributed by atoms with Gasteiger partial charge >= 0.3 is 0 Å². The molecule has 1 fully saturated rings. The standard InChI is InChI=1S/C28H28N6O4S/c1-17(2)10-19(12-29)27(37)33-9-3-4-20(33)14-34-22-6-5-18(15-35)11-21(22)31-28(34)32-26(36)25-8-7-24(39-25)23-13-30-16-38-23/h5-8,10-11,13,16-17,20,35H,3-4,9,14-15H2,1-2H3,(H,31,32,36)/t20-/m1/s1. The number of rotatable bonds is 8. The Balaban J connectivity index is 1.45. The number of aliphatic hydroxyl groups excluding tert-OH is 1. The van der Waals surface area contributed by atoms with Crippen LogP contribution in [-0.4, -0.2) is 48.9 Å². The van der Waals surface area contributed by atoms with Gasteiger partial charge in [-0.15, -0.1) is 11.3 Å². The van der Waals surface area contributed by atoms with Crippen molar-refractivity contribution in [3.8, 4) is 16.7 Å².